The maximum Gasteiger partial charge on any atom is 0.236 e. The lowest BCUT2D eigenvalue weighted by molar-refractivity contribution is -0.136. The van der Waals surface area contributed by atoms with Crippen molar-refractivity contribution in [1.82, 2.24) is 9.80 Å². The van der Waals surface area contributed by atoms with Crippen molar-refractivity contribution < 1.29 is 4.79 Å². The molecule has 0 bridgehead atoms. The topological polar surface area (TPSA) is 23.6 Å². The highest BCUT2D eigenvalue weighted by Crippen LogP contribution is 2.31. The van der Waals surface area contributed by atoms with Crippen LogP contribution in [0.2, 0.25) is 0 Å². The number of hydrogen-bond acceptors (Lipinski definition) is 2. The van der Waals surface area contributed by atoms with Gasteiger partial charge in [0.2, 0.25) is 5.91 Å². The molecule has 1 amide bonds. The monoisotopic (exact) mass is 300 g/mol. The second kappa shape index (κ2) is 4.88. The lowest BCUT2D eigenvalue weighted by atomic mass is 9.94. The number of carbonyl (C=O) groups is 1. The summed E-state index contributed by atoms with van der Waals surface area (Å²) < 4.78 is 0. The Morgan fingerprint density at radius 2 is 1.82 bits per heavy atom. The second-order valence-electron chi connectivity index (χ2n) is 5.65. The Morgan fingerprint density at radius 1 is 1.00 bits per heavy atom. The molecule has 0 aliphatic carbocycles. The first-order chi connectivity index (χ1) is 8.25. The van der Waals surface area contributed by atoms with Gasteiger partial charge in [0, 0.05) is 25.2 Å². The molecule has 3 saturated heterocycles. The first kappa shape index (κ1) is 12.0. The summed E-state index contributed by atoms with van der Waals surface area (Å²) in [5.41, 5.74) is 0. The molecule has 3 rings (SSSR count). The Balaban J connectivity index is 1.66. The molecule has 0 aromatic rings. The fraction of sp³-hybridized carbons (Fsp3) is 0.923. The number of hydrogen-bond donors (Lipinski definition) is 0. The first-order valence-electron chi connectivity index (χ1n) is 6.94. The summed E-state index contributed by atoms with van der Waals surface area (Å²) in [5, 5.41) is 0. The van der Waals surface area contributed by atoms with Gasteiger partial charge in [-0.2, -0.15) is 0 Å². The number of amides is 1. The van der Waals surface area contributed by atoms with Crippen LogP contribution >= 0.6 is 15.9 Å². The molecular weight excluding hydrogens is 280 g/mol. The minimum Gasteiger partial charge on any atom is -0.339 e. The van der Waals surface area contributed by atoms with Crippen LogP contribution < -0.4 is 0 Å². The minimum absolute atomic E-state index is 0.0813. The molecule has 3 aliphatic heterocycles. The van der Waals surface area contributed by atoms with Gasteiger partial charge in [-0.3, -0.25) is 4.79 Å². The number of rotatable bonds is 1. The van der Waals surface area contributed by atoms with E-state index in [9.17, 15) is 4.79 Å². The zero-order valence-corrected chi connectivity index (χ0v) is 11.9. The van der Waals surface area contributed by atoms with Crippen LogP contribution in [-0.2, 0) is 4.79 Å². The lowest BCUT2D eigenvalue weighted by Gasteiger charge is -2.43. The van der Waals surface area contributed by atoms with Crippen LogP contribution in [-0.4, -0.2) is 52.3 Å². The molecular formula is C13H21BrN2O. The van der Waals surface area contributed by atoms with E-state index in [0.29, 0.717) is 11.9 Å². The number of carbonyl (C=O) groups excluding carboxylic acids is 1. The molecule has 0 aromatic carbocycles. The summed E-state index contributed by atoms with van der Waals surface area (Å²) in [6, 6.07) is 1.28. The van der Waals surface area contributed by atoms with Gasteiger partial charge >= 0.3 is 0 Å². The van der Waals surface area contributed by atoms with Gasteiger partial charge in [0.25, 0.3) is 0 Å². The van der Waals surface area contributed by atoms with Crippen molar-refractivity contribution in [1.29, 1.82) is 0 Å². The Bertz CT molecular complexity index is 310. The van der Waals surface area contributed by atoms with Crippen molar-refractivity contribution in [3.63, 3.8) is 0 Å². The number of fused-ring (bicyclic) bond motifs is 1. The average Bonchev–Trinajstić information content (AvgIpc) is 2.79. The van der Waals surface area contributed by atoms with E-state index in [1.165, 1.54) is 38.8 Å². The summed E-state index contributed by atoms with van der Waals surface area (Å²) in [6.45, 7) is 3.47. The molecule has 0 aromatic heterocycles. The normalized spacial score (nSPS) is 39.5. The zero-order valence-electron chi connectivity index (χ0n) is 10.3. The Morgan fingerprint density at radius 3 is 2.71 bits per heavy atom. The summed E-state index contributed by atoms with van der Waals surface area (Å²) in [6.07, 6.45) is 7.26. The van der Waals surface area contributed by atoms with E-state index in [-0.39, 0.29) is 4.83 Å². The number of likely N-dealkylation sites (tertiary alicyclic amines) is 1. The Hall–Kier alpha value is -0.0900. The van der Waals surface area contributed by atoms with E-state index in [1.807, 2.05) is 0 Å². The SMILES string of the molecule is O=C1C(Br)CCCN1C1CCN2CCCC2C1. The van der Waals surface area contributed by atoms with Gasteiger partial charge in [-0.1, -0.05) is 15.9 Å². The van der Waals surface area contributed by atoms with Crippen molar-refractivity contribution in [3.05, 3.63) is 0 Å². The van der Waals surface area contributed by atoms with Gasteiger partial charge < -0.3 is 9.80 Å². The quantitative estimate of drug-likeness (QED) is 0.692. The average molecular weight is 301 g/mol. The molecule has 0 saturated carbocycles. The van der Waals surface area contributed by atoms with Crippen molar-refractivity contribution in [2.24, 2.45) is 0 Å². The van der Waals surface area contributed by atoms with Crippen molar-refractivity contribution in [2.75, 3.05) is 19.6 Å². The van der Waals surface area contributed by atoms with Gasteiger partial charge in [-0.25, -0.2) is 0 Å². The Labute approximate surface area is 112 Å². The van der Waals surface area contributed by atoms with Crippen LogP contribution in [0.1, 0.15) is 38.5 Å². The summed E-state index contributed by atoms with van der Waals surface area (Å²) in [7, 11) is 0. The standard InChI is InChI=1S/C13H21BrN2O/c14-12-4-2-7-16(13(12)17)11-5-8-15-6-1-3-10(15)9-11/h10-12H,1-9H2. The van der Waals surface area contributed by atoms with Gasteiger partial charge in [0.05, 0.1) is 4.83 Å². The van der Waals surface area contributed by atoms with E-state index in [1.54, 1.807) is 0 Å². The fourth-order valence-electron chi connectivity index (χ4n) is 3.70. The molecule has 0 N–H and O–H groups in total. The largest absolute Gasteiger partial charge is 0.339 e. The van der Waals surface area contributed by atoms with Crippen LogP contribution in [0.4, 0.5) is 0 Å². The van der Waals surface area contributed by atoms with E-state index >= 15 is 0 Å². The fourth-order valence-corrected chi connectivity index (χ4v) is 4.29. The third kappa shape index (κ3) is 2.26. The van der Waals surface area contributed by atoms with Crippen molar-refractivity contribution in [3.8, 4) is 0 Å². The summed E-state index contributed by atoms with van der Waals surface area (Å²) >= 11 is 3.52. The molecule has 3 heterocycles. The molecule has 3 fully saturated rings. The van der Waals surface area contributed by atoms with Crippen LogP contribution in [0.3, 0.4) is 0 Å². The molecule has 17 heavy (non-hydrogen) atoms. The predicted octanol–water partition coefficient (Wildman–Crippen LogP) is 2.00. The molecule has 96 valence electrons. The van der Waals surface area contributed by atoms with Crippen molar-refractivity contribution >= 4 is 21.8 Å². The number of piperidine rings is 2. The molecule has 3 unspecified atom stereocenters. The number of halogens is 1. The molecule has 3 aliphatic rings. The summed E-state index contributed by atoms with van der Waals surface area (Å²) in [4.78, 5) is 17.1. The maximum absolute atomic E-state index is 12.2. The summed E-state index contributed by atoms with van der Waals surface area (Å²) in [5.74, 6) is 0.340. The first-order valence-corrected chi connectivity index (χ1v) is 7.86. The molecule has 3 atom stereocenters. The number of nitrogens with zero attached hydrogens (tertiary/aromatic N) is 2. The van der Waals surface area contributed by atoms with E-state index in [2.05, 4.69) is 25.7 Å². The highest BCUT2D eigenvalue weighted by molar-refractivity contribution is 9.10. The van der Waals surface area contributed by atoms with Gasteiger partial charge in [0.1, 0.15) is 0 Å². The lowest BCUT2D eigenvalue weighted by Crippen LogP contribution is -2.53. The van der Waals surface area contributed by atoms with Gasteiger partial charge in [-0.15, -0.1) is 0 Å². The predicted molar refractivity (Wildman–Crippen MR) is 71.3 cm³/mol. The van der Waals surface area contributed by atoms with Crippen LogP contribution in [0.5, 0.6) is 0 Å². The van der Waals surface area contributed by atoms with Gasteiger partial charge in [-0.05, 0) is 45.1 Å². The maximum atomic E-state index is 12.2. The van der Waals surface area contributed by atoms with E-state index in [0.717, 1.165) is 25.4 Å². The smallest absolute Gasteiger partial charge is 0.236 e. The van der Waals surface area contributed by atoms with Crippen LogP contribution in [0, 0.1) is 0 Å². The molecule has 3 nitrogen and oxygen atoms in total. The van der Waals surface area contributed by atoms with Crippen molar-refractivity contribution in [2.45, 2.75) is 55.4 Å². The molecule has 0 spiro atoms. The zero-order chi connectivity index (χ0) is 11.8. The van der Waals surface area contributed by atoms with E-state index < -0.39 is 0 Å². The van der Waals surface area contributed by atoms with Crippen LogP contribution in [0.15, 0.2) is 0 Å². The molecule has 4 heteroatoms. The van der Waals surface area contributed by atoms with E-state index in [4.69, 9.17) is 0 Å². The number of alkyl halides is 1. The minimum atomic E-state index is 0.0813. The highest BCUT2D eigenvalue weighted by atomic mass is 79.9. The molecule has 0 radical (unpaired) electrons. The highest BCUT2D eigenvalue weighted by Gasteiger charge is 2.38. The van der Waals surface area contributed by atoms with Crippen LogP contribution in [0.25, 0.3) is 0 Å². The van der Waals surface area contributed by atoms with Gasteiger partial charge in [0.15, 0.2) is 0 Å². The third-order valence-corrected chi connectivity index (χ3v) is 5.49. The third-order valence-electron chi connectivity index (χ3n) is 4.64. The Kier molecular flexibility index (Phi) is 3.44. The second-order valence-corrected chi connectivity index (χ2v) is 6.76.